The van der Waals surface area contributed by atoms with Crippen LogP contribution in [0.2, 0.25) is 0 Å². The van der Waals surface area contributed by atoms with Crippen molar-refractivity contribution >= 4 is 23.5 Å². The lowest BCUT2D eigenvalue weighted by atomic mass is 9.87. The summed E-state index contributed by atoms with van der Waals surface area (Å²) in [6.07, 6.45) is 3.28. The first-order valence-corrected chi connectivity index (χ1v) is 8.82. The van der Waals surface area contributed by atoms with Crippen LogP contribution >= 0.6 is 0 Å². The van der Waals surface area contributed by atoms with E-state index in [0.29, 0.717) is 19.5 Å². The summed E-state index contributed by atoms with van der Waals surface area (Å²) >= 11 is 0. The van der Waals surface area contributed by atoms with Crippen LogP contribution in [0, 0.1) is 5.92 Å². The van der Waals surface area contributed by atoms with E-state index in [2.05, 4.69) is 26.9 Å². The van der Waals surface area contributed by atoms with Crippen LogP contribution in [0.15, 0.2) is 24.3 Å². The molecule has 7 nitrogen and oxygen atoms in total. The van der Waals surface area contributed by atoms with Crippen molar-refractivity contribution in [3.63, 3.8) is 0 Å². The van der Waals surface area contributed by atoms with E-state index >= 15 is 0 Å². The number of nitrogens with one attached hydrogen (secondary N) is 3. The number of rotatable bonds is 4. The Labute approximate surface area is 146 Å². The highest BCUT2D eigenvalue weighted by Gasteiger charge is 2.54. The first kappa shape index (κ1) is 15.9. The minimum atomic E-state index is -0.843. The van der Waals surface area contributed by atoms with Gasteiger partial charge in [0, 0.05) is 24.7 Å². The maximum atomic E-state index is 12.4. The number of benzene rings is 1. The van der Waals surface area contributed by atoms with Crippen LogP contribution in [0.3, 0.4) is 0 Å². The van der Waals surface area contributed by atoms with Crippen LogP contribution in [0.4, 0.5) is 10.5 Å². The summed E-state index contributed by atoms with van der Waals surface area (Å²) in [6, 6.07) is 7.70. The molecule has 2 atom stereocenters. The maximum absolute atomic E-state index is 12.4. The molecule has 3 N–H and O–H groups in total. The highest BCUT2D eigenvalue weighted by atomic mass is 16.2. The van der Waals surface area contributed by atoms with Gasteiger partial charge in [-0.1, -0.05) is 24.6 Å². The van der Waals surface area contributed by atoms with E-state index in [-0.39, 0.29) is 17.7 Å². The number of hydrogen-bond acceptors (Lipinski definition) is 4. The molecule has 1 spiro atoms. The van der Waals surface area contributed by atoms with Crippen molar-refractivity contribution in [2.45, 2.75) is 31.2 Å². The van der Waals surface area contributed by atoms with E-state index in [9.17, 15) is 14.4 Å². The summed E-state index contributed by atoms with van der Waals surface area (Å²) in [5.41, 5.74) is 1.55. The lowest BCUT2D eigenvalue weighted by Crippen LogP contribution is -2.53. The number of amides is 4. The number of carbonyl (C=O) groups excluding carboxylic acids is 3. The Morgan fingerprint density at radius 3 is 2.96 bits per heavy atom. The lowest BCUT2D eigenvalue weighted by molar-refractivity contribution is -0.126. The van der Waals surface area contributed by atoms with Crippen LogP contribution in [-0.4, -0.2) is 43.0 Å². The first-order chi connectivity index (χ1) is 12.1. The third-order valence-electron chi connectivity index (χ3n) is 5.65. The molecule has 132 valence electrons. The van der Waals surface area contributed by atoms with Gasteiger partial charge in [-0.05, 0) is 30.9 Å². The van der Waals surface area contributed by atoms with Gasteiger partial charge in [-0.25, -0.2) is 4.79 Å². The quantitative estimate of drug-likeness (QED) is 0.697. The number of hydrogen-bond donors (Lipinski definition) is 3. The predicted octanol–water partition coefficient (Wildman–Crippen LogP) is 0.544. The van der Waals surface area contributed by atoms with Crippen molar-refractivity contribution in [3.05, 3.63) is 29.8 Å². The molecule has 4 rings (SSSR count). The SMILES string of the molecule is O=C(CN1CCc2ccccc21)NCC1CCCC12NC(=O)NC2=O. The van der Waals surface area contributed by atoms with Gasteiger partial charge in [0.2, 0.25) is 5.91 Å². The van der Waals surface area contributed by atoms with Gasteiger partial charge in [0.15, 0.2) is 0 Å². The molecule has 1 saturated carbocycles. The second-order valence-electron chi connectivity index (χ2n) is 7.07. The Kier molecular flexibility index (Phi) is 3.86. The molecule has 0 aromatic heterocycles. The monoisotopic (exact) mass is 342 g/mol. The average molecular weight is 342 g/mol. The van der Waals surface area contributed by atoms with Crippen molar-refractivity contribution in [1.82, 2.24) is 16.0 Å². The molecule has 2 heterocycles. The van der Waals surface area contributed by atoms with Crippen LogP contribution in [0.1, 0.15) is 24.8 Å². The van der Waals surface area contributed by atoms with Gasteiger partial charge in [0.05, 0.1) is 6.54 Å². The van der Waals surface area contributed by atoms with Crippen molar-refractivity contribution in [1.29, 1.82) is 0 Å². The zero-order valence-electron chi connectivity index (χ0n) is 14.0. The number of carbonyl (C=O) groups is 3. The fourth-order valence-electron chi connectivity index (χ4n) is 4.36. The Morgan fingerprint density at radius 2 is 2.16 bits per heavy atom. The number of para-hydroxylation sites is 1. The summed E-state index contributed by atoms with van der Waals surface area (Å²) in [6.45, 7) is 1.57. The van der Waals surface area contributed by atoms with Crippen LogP contribution in [-0.2, 0) is 16.0 Å². The first-order valence-electron chi connectivity index (χ1n) is 8.82. The van der Waals surface area contributed by atoms with Crippen molar-refractivity contribution in [3.8, 4) is 0 Å². The molecule has 0 radical (unpaired) electrons. The van der Waals surface area contributed by atoms with Crippen LogP contribution in [0.5, 0.6) is 0 Å². The molecule has 25 heavy (non-hydrogen) atoms. The molecule has 7 heteroatoms. The predicted molar refractivity (Wildman–Crippen MR) is 92.1 cm³/mol. The second kappa shape index (κ2) is 6.06. The molecule has 1 aliphatic carbocycles. The molecular formula is C18H22N4O3. The zero-order chi connectivity index (χ0) is 17.4. The molecule has 4 amide bonds. The fraction of sp³-hybridized carbons (Fsp3) is 0.500. The third kappa shape index (κ3) is 2.73. The van der Waals surface area contributed by atoms with E-state index in [0.717, 1.165) is 31.5 Å². The number of urea groups is 1. The second-order valence-corrected chi connectivity index (χ2v) is 7.07. The number of anilines is 1. The number of nitrogens with zero attached hydrogens (tertiary/aromatic N) is 1. The minimum Gasteiger partial charge on any atom is -0.362 e. The number of imide groups is 1. The summed E-state index contributed by atoms with van der Waals surface area (Å²) < 4.78 is 0. The standard InChI is InChI=1S/C18H22N4O3/c23-15(11-22-9-7-12-4-1-2-6-14(12)22)19-10-13-5-3-8-18(13)16(24)20-17(25)21-18/h1-2,4,6,13H,3,5,7-11H2,(H,19,23)(H2,20,21,24,25). The minimum absolute atomic E-state index is 0.0523. The highest BCUT2D eigenvalue weighted by Crippen LogP contribution is 2.37. The zero-order valence-corrected chi connectivity index (χ0v) is 14.0. The molecule has 1 aromatic carbocycles. The van der Waals surface area contributed by atoms with Gasteiger partial charge in [-0.3, -0.25) is 14.9 Å². The van der Waals surface area contributed by atoms with E-state index in [1.54, 1.807) is 0 Å². The molecule has 3 aliphatic rings. The van der Waals surface area contributed by atoms with E-state index < -0.39 is 11.6 Å². The summed E-state index contributed by atoms with van der Waals surface area (Å²) in [4.78, 5) is 38.1. The maximum Gasteiger partial charge on any atom is 0.322 e. The number of fused-ring (bicyclic) bond motifs is 1. The van der Waals surface area contributed by atoms with Gasteiger partial charge >= 0.3 is 6.03 Å². The normalized spacial score (nSPS) is 27.4. The third-order valence-corrected chi connectivity index (χ3v) is 5.65. The molecule has 1 aromatic rings. The van der Waals surface area contributed by atoms with Gasteiger partial charge in [0.25, 0.3) is 5.91 Å². The molecule has 1 saturated heterocycles. The van der Waals surface area contributed by atoms with Crippen molar-refractivity contribution in [2.75, 3.05) is 24.5 Å². The van der Waals surface area contributed by atoms with Gasteiger partial charge in [0.1, 0.15) is 5.54 Å². The lowest BCUT2D eigenvalue weighted by Gasteiger charge is -2.28. The van der Waals surface area contributed by atoms with Crippen molar-refractivity contribution in [2.24, 2.45) is 5.92 Å². The Bertz CT molecular complexity index is 735. The fourth-order valence-corrected chi connectivity index (χ4v) is 4.36. The van der Waals surface area contributed by atoms with Gasteiger partial charge in [-0.2, -0.15) is 0 Å². The van der Waals surface area contributed by atoms with Gasteiger partial charge in [-0.15, -0.1) is 0 Å². The molecule has 2 unspecified atom stereocenters. The molecule has 0 bridgehead atoms. The molecule has 2 fully saturated rings. The smallest absolute Gasteiger partial charge is 0.322 e. The van der Waals surface area contributed by atoms with E-state index in [1.807, 2.05) is 18.2 Å². The molecular weight excluding hydrogens is 320 g/mol. The Balaban J connectivity index is 1.35. The van der Waals surface area contributed by atoms with E-state index in [4.69, 9.17) is 0 Å². The summed E-state index contributed by atoms with van der Waals surface area (Å²) in [5.74, 6) is -0.375. The molecule has 2 aliphatic heterocycles. The highest BCUT2D eigenvalue weighted by molar-refractivity contribution is 6.07. The summed E-state index contributed by atoms with van der Waals surface area (Å²) in [5, 5.41) is 8.06. The Hall–Kier alpha value is -2.57. The van der Waals surface area contributed by atoms with Crippen molar-refractivity contribution < 1.29 is 14.4 Å². The van der Waals surface area contributed by atoms with Crippen LogP contribution in [0.25, 0.3) is 0 Å². The largest absolute Gasteiger partial charge is 0.362 e. The van der Waals surface area contributed by atoms with Crippen LogP contribution < -0.4 is 20.9 Å². The Morgan fingerprint density at radius 1 is 1.32 bits per heavy atom. The van der Waals surface area contributed by atoms with E-state index in [1.165, 1.54) is 5.56 Å². The average Bonchev–Trinajstić information content (AvgIpc) is 3.25. The summed E-state index contributed by atoms with van der Waals surface area (Å²) in [7, 11) is 0. The topological polar surface area (TPSA) is 90.5 Å². The van der Waals surface area contributed by atoms with Gasteiger partial charge < -0.3 is 15.5 Å².